The van der Waals surface area contributed by atoms with Crippen molar-refractivity contribution in [3.8, 4) is 0 Å². The normalized spacial score (nSPS) is 17.9. The summed E-state index contributed by atoms with van der Waals surface area (Å²) in [5, 5.41) is 3.24. The number of nitrogens with two attached hydrogens (primary N) is 1. The van der Waals surface area contributed by atoms with Crippen LogP contribution in [0.3, 0.4) is 0 Å². The molecule has 0 spiro atoms. The molecule has 1 unspecified atom stereocenters. The minimum absolute atomic E-state index is 0.299. The molecule has 98 valence electrons. The van der Waals surface area contributed by atoms with Gasteiger partial charge in [0.25, 0.3) is 0 Å². The van der Waals surface area contributed by atoms with E-state index in [-0.39, 0.29) is 5.82 Å². The number of halogens is 1. The Morgan fingerprint density at radius 2 is 2.11 bits per heavy atom. The van der Waals surface area contributed by atoms with Crippen LogP contribution in [0.15, 0.2) is 18.2 Å². The summed E-state index contributed by atoms with van der Waals surface area (Å²) in [5.74, 6) is -0.753. The van der Waals surface area contributed by atoms with E-state index in [9.17, 15) is 9.18 Å². The molecule has 0 heterocycles. The van der Waals surface area contributed by atoms with Crippen LogP contribution in [0.1, 0.15) is 42.9 Å². The van der Waals surface area contributed by atoms with Crippen LogP contribution in [-0.4, -0.2) is 11.9 Å². The fourth-order valence-electron chi connectivity index (χ4n) is 2.46. The highest BCUT2D eigenvalue weighted by Crippen LogP contribution is 2.23. The van der Waals surface area contributed by atoms with Gasteiger partial charge in [-0.2, -0.15) is 0 Å². The van der Waals surface area contributed by atoms with Gasteiger partial charge in [-0.3, -0.25) is 10.1 Å². The second-order valence-corrected chi connectivity index (χ2v) is 4.99. The van der Waals surface area contributed by atoms with E-state index in [1.165, 1.54) is 18.9 Å². The van der Waals surface area contributed by atoms with E-state index in [0.29, 0.717) is 17.2 Å². The third kappa shape index (κ3) is 2.88. The molecule has 0 radical (unpaired) electrons. The zero-order chi connectivity index (χ0) is 13.1. The molecule has 1 aliphatic carbocycles. The van der Waals surface area contributed by atoms with Crippen molar-refractivity contribution in [1.82, 2.24) is 5.32 Å². The number of amides is 1. The Morgan fingerprint density at radius 1 is 1.44 bits per heavy atom. The summed E-state index contributed by atoms with van der Waals surface area (Å²) in [6.45, 7) is 1.70. The molecular formula is C14H19FN2O. The Kier molecular flexibility index (Phi) is 3.97. The van der Waals surface area contributed by atoms with Gasteiger partial charge in [0.05, 0.1) is 0 Å². The van der Waals surface area contributed by atoms with E-state index in [4.69, 9.17) is 5.73 Å². The average Bonchev–Trinajstić information content (AvgIpc) is 2.82. The Hall–Kier alpha value is -1.42. The predicted molar refractivity (Wildman–Crippen MR) is 68.5 cm³/mol. The third-order valence-electron chi connectivity index (χ3n) is 3.57. The van der Waals surface area contributed by atoms with Gasteiger partial charge in [-0.05, 0) is 37.0 Å². The molecule has 0 bridgehead atoms. The van der Waals surface area contributed by atoms with Crippen LogP contribution in [0.2, 0.25) is 0 Å². The SMILES string of the molecule is Cc1ccc(C(NC2CCCC2)C(N)=O)cc1F. The number of rotatable bonds is 4. The van der Waals surface area contributed by atoms with Gasteiger partial charge < -0.3 is 5.73 Å². The monoisotopic (exact) mass is 250 g/mol. The molecule has 1 aromatic rings. The van der Waals surface area contributed by atoms with Crippen LogP contribution in [0, 0.1) is 12.7 Å². The molecule has 0 aliphatic heterocycles. The molecule has 0 saturated heterocycles. The predicted octanol–water partition coefficient (Wildman–Crippen LogP) is 2.19. The minimum atomic E-state index is -0.594. The number of nitrogens with one attached hydrogen (secondary N) is 1. The maximum Gasteiger partial charge on any atom is 0.239 e. The zero-order valence-corrected chi connectivity index (χ0v) is 10.6. The fourth-order valence-corrected chi connectivity index (χ4v) is 2.46. The summed E-state index contributed by atoms with van der Waals surface area (Å²) in [6.07, 6.45) is 4.45. The number of benzene rings is 1. The van der Waals surface area contributed by atoms with Gasteiger partial charge in [-0.25, -0.2) is 4.39 Å². The minimum Gasteiger partial charge on any atom is -0.368 e. The van der Waals surface area contributed by atoms with Gasteiger partial charge in [0.2, 0.25) is 5.91 Å². The average molecular weight is 250 g/mol. The largest absolute Gasteiger partial charge is 0.368 e. The van der Waals surface area contributed by atoms with Crippen molar-refractivity contribution in [2.24, 2.45) is 5.73 Å². The topological polar surface area (TPSA) is 55.1 Å². The van der Waals surface area contributed by atoms with Gasteiger partial charge in [0.1, 0.15) is 11.9 Å². The third-order valence-corrected chi connectivity index (χ3v) is 3.57. The van der Waals surface area contributed by atoms with Crippen molar-refractivity contribution in [1.29, 1.82) is 0 Å². The first-order valence-electron chi connectivity index (χ1n) is 6.39. The molecule has 1 aromatic carbocycles. The molecule has 18 heavy (non-hydrogen) atoms. The molecule has 1 aliphatic rings. The molecule has 4 heteroatoms. The van der Waals surface area contributed by atoms with Crippen LogP contribution >= 0.6 is 0 Å². The highest BCUT2D eigenvalue weighted by molar-refractivity contribution is 5.81. The summed E-state index contributed by atoms with van der Waals surface area (Å²) in [7, 11) is 0. The Morgan fingerprint density at radius 3 is 2.67 bits per heavy atom. The first-order valence-corrected chi connectivity index (χ1v) is 6.39. The summed E-state index contributed by atoms with van der Waals surface area (Å²) < 4.78 is 13.5. The maximum absolute atomic E-state index is 13.5. The summed E-state index contributed by atoms with van der Waals surface area (Å²) >= 11 is 0. The van der Waals surface area contributed by atoms with Crippen LogP contribution in [0.4, 0.5) is 4.39 Å². The molecule has 3 nitrogen and oxygen atoms in total. The van der Waals surface area contributed by atoms with Crippen LogP contribution in [0.5, 0.6) is 0 Å². The first-order chi connectivity index (χ1) is 8.58. The van der Waals surface area contributed by atoms with Crippen molar-refractivity contribution in [3.63, 3.8) is 0 Å². The lowest BCUT2D eigenvalue weighted by Crippen LogP contribution is -2.38. The van der Waals surface area contributed by atoms with Gasteiger partial charge in [0.15, 0.2) is 0 Å². The maximum atomic E-state index is 13.5. The second kappa shape index (κ2) is 5.48. The molecule has 1 fully saturated rings. The van der Waals surface area contributed by atoms with Crippen LogP contribution < -0.4 is 11.1 Å². The van der Waals surface area contributed by atoms with E-state index in [2.05, 4.69) is 5.32 Å². The lowest BCUT2D eigenvalue weighted by molar-refractivity contribution is -0.120. The molecule has 2 rings (SSSR count). The summed E-state index contributed by atoms with van der Waals surface area (Å²) in [5.41, 5.74) is 6.59. The van der Waals surface area contributed by atoms with Crippen LogP contribution in [0.25, 0.3) is 0 Å². The van der Waals surface area contributed by atoms with E-state index in [1.54, 1.807) is 19.1 Å². The van der Waals surface area contributed by atoms with Crippen molar-refractivity contribution >= 4 is 5.91 Å². The summed E-state index contributed by atoms with van der Waals surface area (Å²) in [6, 6.07) is 4.55. The second-order valence-electron chi connectivity index (χ2n) is 4.99. The van der Waals surface area contributed by atoms with Crippen molar-refractivity contribution < 1.29 is 9.18 Å². The van der Waals surface area contributed by atoms with Crippen molar-refractivity contribution in [2.45, 2.75) is 44.7 Å². The van der Waals surface area contributed by atoms with Crippen molar-refractivity contribution in [3.05, 3.63) is 35.1 Å². The van der Waals surface area contributed by atoms with E-state index < -0.39 is 11.9 Å². The molecular weight excluding hydrogens is 231 g/mol. The lowest BCUT2D eigenvalue weighted by Gasteiger charge is -2.21. The first kappa shape index (κ1) is 13.0. The van der Waals surface area contributed by atoms with Gasteiger partial charge in [-0.15, -0.1) is 0 Å². The quantitative estimate of drug-likeness (QED) is 0.860. The highest BCUT2D eigenvalue weighted by Gasteiger charge is 2.24. The number of carbonyl (C=O) groups excluding carboxylic acids is 1. The van der Waals surface area contributed by atoms with E-state index in [1.807, 2.05) is 0 Å². The van der Waals surface area contributed by atoms with Gasteiger partial charge in [0, 0.05) is 6.04 Å². The molecule has 1 atom stereocenters. The Labute approximate surface area is 107 Å². The zero-order valence-electron chi connectivity index (χ0n) is 10.6. The molecule has 1 amide bonds. The number of aryl methyl sites for hydroxylation is 1. The number of hydrogen-bond acceptors (Lipinski definition) is 2. The molecule has 0 aromatic heterocycles. The number of hydrogen-bond donors (Lipinski definition) is 2. The van der Waals surface area contributed by atoms with Gasteiger partial charge in [-0.1, -0.05) is 25.0 Å². The van der Waals surface area contributed by atoms with E-state index >= 15 is 0 Å². The van der Waals surface area contributed by atoms with Crippen molar-refractivity contribution in [2.75, 3.05) is 0 Å². The Bertz CT molecular complexity index is 441. The lowest BCUT2D eigenvalue weighted by atomic mass is 10.0. The number of primary amides is 1. The standard InChI is InChI=1S/C14H19FN2O/c1-9-6-7-10(8-12(9)15)13(14(16)18)17-11-4-2-3-5-11/h6-8,11,13,17H,2-5H2,1H3,(H2,16,18). The van der Waals surface area contributed by atoms with Gasteiger partial charge >= 0.3 is 0 Å². The van der Waals surface area contributed by atoms with Crippen LogP contribution in [-0.2, 0) is 4.79 Å². The smallest absolute Gasteiger partial charge is 0.239 e. The number of carbonyl (C=O) groups is 1. The fraction of sp³-hybridized carbons (Fsp3) is 0.500. The summed E-state index contributed by atoms with van der Waals surface area (Å²) in [4.78, 5) is 11.5. The highest BCUT2D eigenvalue weighted by atomic mass is 19.1. The van der Waals surface area contributed by atoms with E-state index in [0.717, 1.165) is 12.8 Å². The Balaban J connectivity index is 2.17. The molecule has 1 saturated carbocycles. The molecule has 3 N–H and O–H groups in total.